The number of fused-ring (bicyclic) bond motifs is 2. The number of imidazole rings is 1. The van der Waals surface area contributed by atoms with E-state index < -0.39 is 31.7 Å². The average molecular weight is 592 g/mol. The van der Waals surface area contributed by atoms with Gasteiger partial charge in [0.15, 0.2) is 31.8 Å². The molecule has 0 radical (unpaired) electrons. The molecule has 3 aromatic heterocycles. The molecule has 0 bridgehead atoms. The Morgan fingerprint density at radius 1 is 1.14 bits per heavy atom. The van der Waals surface area contributed by atoms with Gasteiger partial charge in [0, 0.05) is 35.8 Å². The van der Waals surface area contributed by atoms with Gasteiger partial charge < -0.3 is 13.6 Å². The number of amides is 1. The Kier molecular flexibility index (Phi) is 6.54. The fourth-order valence-corrected chi connectivity index (χ4v) is 6.75. The minimum absolute atomic E-state index is 0.0333. The van der Waals surface area contributed by atoms with E-state index in [1.165, 1.54) is 23.1 Å². The summed E-state index contributed by atoms with van der Waals surface area (Å²) in [6, 6.07) is 5.84. The number of halogens is 2. The van der Waals surface area contributed by atoms with E-state index in [4.69, 9.17) is 9.16 Å². The summed E-state index contributed by atoms with van der Waals surface area (Å²) in [5.74, 6) is -0.643. The summed E-state index contributed by atoms with van der Waals surface area (Å²) in [7, 11) is -2.04. The quantitative estimate of drug-likeness (QED) is 0.232. The Morgan fingerprint density at radius 3 is 2.48 bits per heavy atom. The minimum atomic E-state index is -2.04. The highest BCUT2D eigenvalue weighted by molar-refractivity contribution is 6.74. The van der Waals surface area contributed by atoms with Crippen molar-refractivity contribution in [2.24, 2.45) is 0 Å². The summed E-state index contributed by atoms with van der Waals surface area (Å²) >= 11 is 0. The van der Waals surface area contributed by atoms with Gasteiger partial charge in [-0.2, -0.15) is 0 Å². The predicted octanol–water partition coefficient (Wildman–Crippen LogP) is 6.70. The van der Waals surface area contributed by atoms with E-state index >= 15 is 4.39 Å². The number of aromatic nitrogens is 4. The van der Waals surface area contributed by atoms with Crippen LogP contribution in [0.15, 0.2) is 42.9 Å². The summed E-state index contributed by atoms with van der Waals surface area (Å²) in [5, 5.41) is 0.0574. The van der Waals surface area contributed by atoms with Gasteiger partial charge in [-0.25, -0.2) is 23.7 Å². The largest absolute Gasteiger partial charge is 0.476 e. The van der Waals surface area contributed by atoms with Crippen molar-refractivity contribution in [3.05, 3.63) is 71.7 Å². The first-order valence-electron chi connectivity index (χ1n) is 14.2. The zero-order valence-corrected chi connectivity index (χ0v) is 26.0. The van der Waals surface area contributed by atoms with Crippen LogP contribution < -0.4 is 9.64 Å². The molecule has 2 aliphatic rings. The minimum Gasteiger partial charge on any atom is -0.476 e. The standard InChI is InChI=1S/C31H35F2N5O3Si/c1-18-25(17-38-24-10-8-9-22(32)27(24)40-19(2)28(38)39)37-16-21(23(33)13-26(37)36-18)20-14-34-29(35-15-20)31(11-12-31)41-42(6,7)30(3,4)5/h8-10,13-16,19H,11-12,17H2,1-7H3/t19-/m1/s1. The molecule has 0 saturated heterocycles. The molecule has 1 atom stereocenters. The van der Waals surface area contributed by atoms with Gasteiger partial charge in [-0.15, -0.1) is 0 Å². The molecule has 0 unspecified atom stereocenters. The number of para-hydroxylation sites is 1. The van der Waals surface area contributed by atoms with Gasteiger partial charge in [0.1, 0.15) is 17.1 Å². The van der Waals surface area contributed by atoms with Crippen LogP contribution in [-0.4, -0.2) is 39.7 Å². The SMILES string of the molecule is Cc1nc2cc(F)c(-c3cnc(C4(O[Si](C)(C)C(C)(C)C)CC4)nc3)cn2c1CN1C(=O)[C@@H](C)Oc2c(F)cccc21. The lowest BCUT2D eigenvalue weighted by Gasteiger charge is -2.39. The molecule has 0 N–H and O–H groups in total. The molecule has 8 nitrogen and oxygen atoms in total. The molecular weight excluding hydrogens is 556 g/mol. The molecule has 11 heteroatoms. The Hall–Kier alpha value is -3.70. The number of hydrogen-bond acceptors (Lipinski definition) is 6. The Bertz CT molecular complexity index is 1710. The highest BCUT2D eigenvalue weighted by Gasteiger charge is 2.54. The number of carbonyl (C=O) groups excluding carboxylic acids is 1. The predicted molar refractivity (Wildman–Crippen MR) is 158 cm³/mol. The van der Waals surface area contributed by atoms with Crippen LogP contribution in [0.2, 0.25) is 18.1 Å². The summed E-state index contributed by atoms with van der Waals surface area (Å²) in [6.45, 7) is 14.5. The molecule has 42 heavy (non-hydrogen) atoms. The Labute approximate surface area is 244 Å². The second-order valence-electron chi connectivity index (χ2n) is 12.8. The normalized spacial score (nSPS) is 18.3. The van der Waals surface area contributed by atoms with Crippen LogP contribution in [0.5, 0.6) is 5.75 Å². The molecule has 1 aliphatic heterocycles. The maximum atomic E-state index is 15.4. The Balaban J connectivity index is 1.34. The van der Waals surface area contributed by atoms with Crippen LogP contribution >= 0.6 is 0 Å². The van der Waals surface area contributed by atoms with E-state index in [0.717, 1.165) is 12.8 Å². The molecule has 1 aliphatic carbocycles. The van der Waals surface area contributed by atoms with Crippen molar-refractivity contribution in [1.29, 1.82) is 0 Å². The molecule has 4 heterocycles. The number of benzene rings is 1. The van der Waals surface area contributed by atoms with Crippen molar-refractivity contribution >= 4 is 25.6 Å². The van der Waals surface area contributed by atoms with E-state index in [1.807, 2.05) is 0 Å². The number of nitrogens with zero attached hydrogens (tertiary/aromatic N) is 5. The summed E-state index contributed by atoms with van der Waals surface area (Å²) < 4.78 is 44.0. The Morgan fingerprint density at radius 2 is 1.83 bits per heavy atom. The number of aryl methyl sites for hydroxylation is 1. The van der Waals surface area contributed by atoms with E-state index in [0.29, 0.717) is 39.7 Å². The van der Waals surface area contributed by atoms with Crippen LogP contribution in [0.25, 0.3) is 16.8 Å². The molecule has 4 aromatic rings. The molecule has 1 saturated carbocycles. The highest BCUT2D eigenvalue weighted by Crippen LogP contribution is 2.53. The summed E-state index contributed by atoms with van der Waals surface area (Å²) in [4.78, 5) is 28.4. The molecule has 1 aromatic carbocycles. The molecule has 0 spiro atoms. The fraction of sp³-hybridized carbons (Fsp3) is 0.419. The lowest BCUT2D eigenvalue weighted by molar-refractivity contribution is -0.125. The van der Waals surface area contributed by atoms with E-state index in [9.17, 15) is 9.18 Å². The number of pyridine rings is 1. The molecule has 220 valence electrons. The lowest BCUT2D eigenvalue weighted by atomic mass is 10.1. The number of rotatable bonds is 6. The number of hydrogen-bond donors (Lipinski definition) is 0. The highest BCUT2D eigenvalue weighted by atomic mass is 28.4. The molecule has 1 amide bonds. The van der Waals surface area contributed by atoms with Gasteiger partial charge in [-0.1, -0.05) is 26.8 Å². The molecular formula is C31H35F2N5O3Si. The van der Waals surface area contributed by atoms with E-state index in [2.05, 4.69) is 48.8 Å². The van der Waals surface area contributed by atoms with Crippen molar-refractivity contribution in [2.75, 3.05) is 4.90 Å². The van der Waals surface area contributed by atoms with Crippen LogP contribution in [-0.2, 0) is 21.4 Å². The first kappa shape index (κ1) is 28.4. The third kappa shape index (κ3) is 4.68. The van der Waals surface area contributed by atoms with Crippen LogP contribution in [0.4, 0.5) is 14.5 Å². The van der Waals surface area contributed by atoms with Crippen molar-refractivity contribution in [3.8, 4) is 16.9 Å². The maximum absolute atomic E-state index is 15.4. The zero-order chi connectivity index (χ0) is 30.2. The van der Waals surface area contributed by atoms with Gasteiger partial charge in [-0.05, 0) is 57.0 Å². The van der Waals surface area contributed by atoms with Gasteiger partial charge in [0.2, 0.25) is 0 Å². The second kappa shape index (κ2) is 9.67. The van der Waals surface area contributed by atoms with Crippen molar-refractivity contribution in [2.45, 2.75) is 83.8 Å². The maximum Gasteiger partial charge on any atom is 0.268 e. The third-order valence-corrected chi connectivity index (χ3v) is 13.3. The van der Waals surface area contributed by atoms with Crippen molar-refractivity contribution < 1.29 is 22.7 Å². The fourth-order valence-electron chi connectivity index (χ4n) is 5.17. The van der Waals surface area contributed by atoms with Crippen LogP contribution in [0.3, 0.4) is 0 Å². The van der Waals surface area contributed by atoms with Gasteiger partial charge in [0.25, 0.3) is 5.91 Å². The third-order valence-electron chi connectivity index (χ3n) is 8.79. The van der Waals surface area contributed by atoms with Gasteiger partial charge >= 0.3 is 0 Å². The summed E-state index contributed by atoms with van der Waals surface area (Å²) in [5.41, 5.74) is 2.37. The zero-order valence-electron chi connectivity index (χ0n) is 25.0. The number of carbonyl (C=O) groups is 1. The topological polar surface area (TPSA) is 81.9 Å². The van der Waals surface area contributed by atoms with Crippen LogP contribution in [0.1, 0.15) is 57.7 Å². The monoisotopic (exact) mass is 591 g/mol. The average Bonchev–Trinajstić information content (AvgIpc) is 3.63. The van der Waals surface area contributed by atoms with Crippen molar-refractivity contribution in [1.82, 2.24) is 19.4 Å². The molecule has 1 fully saturated rings. The second-order valence-corrected chi connectivity index (χ2v) is 17.6. The smallest absolute Gasteiger partial charge is 0.268 e. The molecule has 6 rings (SSSR count). The number of anilines is 1. The van der Waals surface area contributed by atoms with Gasteiger partial charge in [-0.3, -0.25) is 9.69 Å². The number of ether oxygens (including phenoxy) is 1. The van der Waals surface area contributed by atoms with Crippen molar-refractivity contribution in [3.63, 3.8) is 0 Å². The summed E-state index contributed by atoms with van der Waals surface area (Å²) in [6.07, 6.45) is 5.80. The first-order valence-corrected chi connectivity index (χ1v) is 17.1. The van der Waals surface area contributed by atoms with E-state index in [-0.39, 0.29) is 23.2 Å². The van der Waals surface area contributed by atoms with Crippen LogP contribution in [0, 0.1) is 18.6 Å². The van der Waals surface area contributed by atoms with E-state index in [1.54, 1.807) is 42.9 Å². The first-order chi connectivity index (χ1) is 19.7. The lowest BCUT2D eigenvalue weighted by Crippen LogP contribution is -2.44. The van der Waals surface area contributed by atoms with Gasteiger partial charge in [0.05, 0.1) is 23.6 Å².